The standard InChI is InChI=1S/C48H54/c1-10-30(11-2)33-26-38(31(12-3)13-4)43(28(5)6)48(27-33)41-23-22-37-39-25-32-18-14-15-20-35(32)44(39)47(8,9)46(37)42(41)40-24-29(7)34-19-16-17-21-36(34)45(40)48/h14-24,26-28,30-31,43H,10-13,25H2,1-9H3. The highest BCUT2D eigenvalue weighted by Crippen LogP contribution is 2.67. The first-order valence-corrected chi connectivity index (χ1v) is 19.1. The predicted molar refractivity (Wildman–Crippen MR) is 208 cm³/mol. The highest BCUT2D eigenvalue weighted by atomic mass is 14.6. The molecule has 0 bridgehead atoms. The summed E-state index contributed by atoms with van der Waals surface area (Å²) in [5.74, 6) is 2.04. The van der Waals surface area contributed by atoms with Crippen molar-refractivity contribution in [2.24, 2.45) is 23.7 Å². The van der Waals surface area contributed by atoms with E-state index >= 15 is 0 Å². The number of hydrogen-bond acceptors (Lipinski definition) is 0. The van der Waals surface area contributed by atoms with E-state index < -0.39 is 0 Å². The van der Waals surface area contributed by atoms with Crippen molar-refractivity contribution in [3.63, 3.8) is 0 Å². The van der Waals surface area contributed by atoms with Gasteiger partial charge in [-0.15, -0.1) is 0 Å². The molecule has 0 aliphatic heterocycles. The first-order chi connectivity index (χ1) is 23.1. The smallest absolute Gasteiger partial charge is 0.0474 e. The van der Waals surface area contributed by atoms with Gasteiger partial charge in [0.25, 0.3) is 0 Å². The van der Waals surface area contributed by atoms with E-state index in [1.165, 1.54) is 64.3 Å². The van der Waals surface area contributed by atoms with Crippen molar-refractivity contribution >= 4 is 21.9 Å². The Hall–Kier alpha value is -3.64. The molecule has 0 saturated heterocycles. The summed E-state index contributed by atoms with van der Waals surface area (Å²) >= 11 is 0. The van der Waals surface area contributed by atoms with Crippen LogP contribution in [0.3, 0.4) is 0 Å². The molecule has 0 amide bonds. The molecule has 0 saturated carbocycles. The molecule has 0 nitrogen and oxygen atoms in total. The van der Waals surface area contributed by atoms with E-state index in [1.807, 2.05) is 0 Å². The van der Waals surface area contributed by atoms with Crippen LogP contribution in [0, 0.1) is 30.6 Å². The van der Waals surface area contributed by atoms with Gasteiger partial charge in [-0.25, -0.2) is 0 Å². The summed E-state index contributed by atoms with van der Waals surface area (Å²) in [5, 5.41) is 2.86. The topological polar surface area (TPSA) is 0 Å². The zero-order chi connectivity index (χ0) is 33.7. The Bertz CT molecular complexity index is 2060. The summed E-state index contributed by atoms with van der Waals surface area (Å²) in [7, 11) is 0. The van der Waals surface area contributed by atoms with Crippen LogP contribution in [0.15, 0.2) is 90.0 Å². The Balaban J connectivity index is 1.52. The number of rotatable bonds is 7. The molecule has 0 heterocycles. The summed E-state index contributed by atoms with van der Waals surface area (Å²) in [4.78, 5) is 0. The lowest BCUT2D eigenvalue weighted by Gasteiger charge is -2.47. The van der Waals surface area contributed by atoms with Gasteiger partial charge in [-0.3, -0.25) is 0 Å². The minimum absolute atomic E-state index is 0.0804. The van der Waals surface area contributed by atoms with Crippen molar-refractivity contribution in [1.82, 2.24) is 0 Å². The molecule has 0 radical (unpaired) electrons. The minimum atomic E-state index is -0.215. The van der Waals surface area contributed by atoms with E-state index in [4.69, 9.17) is 0 Å². The minimum Gasteiger partial charge on any atom is -0.0654 e. The van der Waals surface area contributed by atoms with E-state index in [-0.39, 0.29) is 10.8 Å². The summed E-state index contributed by atoms with van der Waals surface area (Å²) in [6.45, 7) is 22.1. The third-order valence-electron chi connectivity index (χ3n) is 13.3. The average Bonchev–Trinajstić information content (AvgIpc) is 3.67. The van der Waals surface area contributed by atoms with Gasteiger partial charge in [-0.05, 0) is 134 Å². The van der Waals surface area contributed by atoms with Crippen LogP contribution in [0.2, 0.25) is 0 Å². The van der Waals surface area contributed by atoms with Crippen molar-refractivity contribution in [1.29, 1.82) is 0 Å². The molecule has 48 heavy (non-hydrogen) atoms. The molecule has 0 heteroatoms. The van der Waals surface area contributed by atoms with Crippen LogP contribution in [-0.4, -0.2) is 0 Å². The second-order valence-electron chi connectivity index (χ2n) is 16.3. The lowest BCUT2D eigenvalue weighted by atomic mass is 9.55. The number of benzene rings is 4. The molecule has 4 aliphatic carbocycles. The molecule has 2 unspecified atom stereocenters. The lowest BCUT2D eigenvalue weighted by molar-refractivity contribution is 0.298. The maximum atomic E-state index is 2.83. The van der Waals surface area contributed by atoms with E-state index in [1.54, 1.807) is 44.5 Å². The van der Waals surface area contributed by atoms with E-state index in [0.717, 1.165) is 6.42 Å². The fourth-order valence-corrected chi connectivity index (χ4v) is 11.3. The Kier molecular flexibility index (Phi) is 7.38. The zero-order valence-corrected chi connectivity index (χ0v) is 30.9. The third kappa shape index (κ3) is 4.01. The average molecular weight is 631 g/mol. The Morgan fingerprint density at radius 3 is 2.08 bits per heavy atom. The summed E-state index contributed by atoms with van der Waals surface area (Å²) in [6, 6.07) is 26.3. The van der Waals surface area contributed by atoms with E-state index in [2.05, 4.69) is 141 Å². The summed E-state index contributed by atoms with van der Waals surface area (Å²) < 4.78 is 0. The quantitative estimate of drug-likeness (QED) is 0.191. The van der Waals surface area contributed by atoms with Gasteiger partial charge in [-0.1, -0.05) is 140 Å². The van der Waals surface area contributed by atoms with Crippen molar-refractivity contribution in [3.05, 3.63) is 129 Å². The molecule has 4 aromatic carbocycles. The van der Waals surface area contributed by atoms with Gasteiger partial charge in [0.15, 0.2) is 0 Å². The Morgan fingerprint density at radius 2 is 1.40 bits per heavy atom. The molecule has 0 N–H and O–H groups in total. The fourth-order valence-electron chi connectivity index (χ4n) is 11.3. The first kappa shape index (κ1) is 31.6. The number of fused-ring (bicyclic) bond motifs is 12. The van der Waals surface area contributed by atoms with Crippen LogP contribution in [0.4, 0.5) is 0 Å². The maximum absolute atomic E-state index is 2.83. The highest BCUT2D eigenvalue weighted by molar-refractivity contribution is 6.10. The van der Waals surface area contributed by atoms with Crippen LogP contribution in [0.5, 0.6) is 0 Å². The van der Waals surface area contributed by atoms with E-state index in [0.29, 0.717) is 23.7 Å². The first-order valence-electron chi connectivity index (χ1n) is 19.1. The molecular formula is C48H54. The van der Waals surface area contributed by atoms with Crippen LogP contribution < -0.4 is 0 Å². The second-order valence-corrected chi connectivity index (χ2v) is 16.3. The molecular weight excluding hydrogens is 577 g/mol. The SMILES string of the molecule is CCC(CC)C1=CC2(c3ccc4c(c3-c3cc(C)c5ccccc5c32)C(C)(C)C2=C4Cc3ccccc32)C(C(C)C)C(C(CC)CC)=C1. The van der Waals surface area contributed by atoms with Gasteiger partial charge in [0.05, 0.1) is 0 Å². The molecule has 4 aliphatic rings. The maximum Gasteiger partial charge on any atom is 0.0474 e. The Morgan fingerprint density at radius 1 is 0.729 bits per heavy atom. The zero-order valence-electron chi connectivity index (χ0n) is 30.9. The van der Waals surface area contributed by atoms with E-state index in [9.17, 15) is 0 Å². The van der Waals surface area contributed by atoms with Crippen molar-refractivity contribution < 1.29 is 0 Å². The van der Waals surface area contributed by atoms with Gasteiger partial charge in [0.1, 0.15) is 0 Å². The number of aryl methyl sites for hydroxylation is 1. The van der Waals surface area contributed by atoms with Crippen LogP contribution >= 0.6 is 0 Å². The van der Waals surface area contributed by atoms with Gasteiger partial charge in [0.2, 0.25) is 0 Å². The van der Waals surface area contributed by atoms with Gasteiger partial charge < -0.3 is 0 Å². The van der Waals surface area contributed by atoms with Gasteiger partial charge >= 0.3 is 0 Å². The highest BCUT2D eigenvalue weighted by Gasteiger charge is 2.56. The second kappa shape index (κ2) is 11.2. The molecule has 2 atom stereocenters. The van der Waals surface area contributed by atoms with Crippen molar-refractivity contribution in [2.45, 2.75) is 105 Å². The molecule has 4 aromatic rings. The van der Waals surface area contributed by atoms with Gasteiger partial charge in [0, 0.05) is 16.7 Å². The van der Waals surface area contributed by atoms with Gasteiger partial charge in [-0.2, -0.15) is 0 Å². The monoisotopic (exact) mass is 630 g/mol. The number of allylic oxidation sites excluding steroid dienone is 6. The third-order valence-corrected chi connectivity index (χ3v) is 13.3. The van der Waals surface area contributed by atoms with Crippen molar-refractivity contribution in [2.75, 3.05) is 0 Å². The molecule has 0 aromatic heterocycles. The molecule has 246 valence electrons. The summed E-state index contributed by atoms with van der Waals surface area (Å²) in [6.07, 6.45) is 11.3. The van der Waals surface area contributed by atoms with Crippen LogP contribution in [0.25, 0.3) is 33.0 Å². The fraction of sp³-hybridized carbons (Fsp3) is 0.417. The lowest BCUT2D eigenvalue weighted by Crippen LogP contribution is -2.42. The van der Waals surface area contributed by atoms with Crippen LogP contribution in [0.1, 0.15) is 120 Å². The van der Waals surface area contributed by atoms with Crippen molar-refractivity contribution in [3.8, 4) is 11.1 Å². The number of hydrogen-bond donors (Lipinski definition) is 0. The predicted octanol–water partition coefficient (Wildman–Crippen LogP) is 13.2. The van der Waals surface area contributed by atoms with Crippen LogP contribution in [-0.2, 0) is 17.3 Å². The molecule has 0 fully saturated rings. The molecule has 8 rings (SSSR count). The Labute approximate surface area is 290 Å². The molecule has 1 spiro atoms. The normalized spacial score (nSPS) is 21.6. The largest absolute Gasteiger partial charge is 0.0654 e. The summed E-state index contributed by atoms with van der Waals surface area (Å²) in [5.41, 5.74) is 19.7.